The Balaban J connectivity index is 1.81. The first-order valence-electron chi connectivity index (χ1n) is 5.71. The Morgan fingerprint density at radius 1 is 1.41 bits per heavy atom. The Labute approximate surface area is 111 Å². The van der Waals surface area contributed by atoms with E-state index in [2.05, 4.69) is 5.32 Å². The van der Waals surface area contributed by atoms with Gasteiger partial charge in [0.2, 0.25) is 5.91 Å². The molecule has 0 aromatic heterocycles. The van der Waals surface area contributed by atoms with E-state index in [0.717, 1.165) is 18.4 Å². The van der Waals surface area contributed by atoms with Crippen LogP contribution < -0.4 is 5.32 Å². The number of carbonyl (C=O) groups is 1. The standard InChI is InChI=1S/C13H15Cl2NO/c14-8-13(4-5-13)9-16-12(17)7-10-2-1-3-11(15)6-10/h1-3,6H,4-5,7-9H2,(H,16,17). The molecule has 0 spiro atoms. The zero-order chi connectivity index (χ0) is 12.3. The zero-order valence-electron chi connectivity index (χ0n) is 9.51. The van der Waals surface area contributed by atoms with Gasteiger partial charge in [-0.1, -0.05) is 23.7 Å². The summed E-state index contributed by atoms with van der Waals surface area (Å²) < 4.78 is 0. The van der Waals surface area contributed by atoms with E-state index in [4.69, 9.17) is 23.2 Å². The van der Waals surface area contributed by atoms with Gasteiger partial charge in [-0.25, -0.2) is 0 Å². The van der Waals surface area contributed by atoms with Gasteiger partial charge < -0.3 is 5.32 Å². The molecule has 1 saturated carbocycles. The van der Waals surface area contributed by atoms with Crippen LogP contribution in [-0.2, 0) is 11.2 Å². The van der Waals surface area contributed by atoms with E-state index in [1.165, 1.54) is 0 Å². The smallest absolute Gasteiger partial charge is 0.224 e. The molecule has 0 saturated heterocycles. The van der Waals surface area contributed by atoms with Crippen molar-refractivity contribution < 1.29 is 4.79 Å². The molecule has 4 heteroatoms. The van der Waals surface area contributed by atoms with Crippen molar-refractivity contribution in [1.82, 2.24) is 5.32 Å². The number of alkyl halides is 1. The predicted molar refractivity (Wildman–Crippen MR) is 70.6 cm³/mol. The average Bonchev–Trinajstić information content (AvgIpc) is 3.07. The van der Waals surface area contributed by atoms with Gasteiger partial charge in [0, 0.05) is 22.9 Å². The number of carbonyl (C=O) groups excluding carboxylic acids is 1. The fourth-order valence-corrected chi connectivity index (χ4v) is 2.29. The summed E-state index contributed by atoms with van der Waals surface area (Å²) in [6, 6.07) is 7.37. The molecule has 1 aliphatic carbocycles. The minimum atomic E-state index is 0.0312. The van der Waals surface area contributed by atoms with Crippen LogP contribution in [0.25, 0.3) is 0 Å². The van der Waals surface area contributed by atoms with Crippen LogP contribution in [-0.4, -0.2) is 18.3 Å². The number of nitrogens with one attached hydrogen (secondary N) is 1. The molecule has 0 bridgehead atoms. The van der Waals surface area contributed by atoms with Crippen molar-refractivity contribution in [1.29, 1.82) is 0 Å². The second-order valence-corrected chi connectivity index (χ2v) is 5.42. The zero-order valence-corrected chi connectivity index (χ0v) is 11.0. The first-order valence-corrected chi connectivity index (χ1v) is 6.62. The van der Waals surface area contributed by atoms with E-state index in [0.29, 0.717) is 23.9 Å². The van der Waals surface area contributed by atoms with Crippen LogP contribution in [0.4, 0.5) is 0 Å². The van der Waals surface area contributed by atoms with Gasteiger partial charge in [0.05, 0.1) is 6.42 Å². The predicted octanol–water partition coefficient (Wildman–Crippen LogP) is 3.02. The van der Waals surface area contributed by atoms with E-state index in [-0.39, 0.29) is 11.3 Å². The molecule has 2 nitrogen and oxygen atoms in total. The normalized spacial score (nSPS) is 16.6. The first kappa shape index (κ1) is 12.7. The monoisotopic (exact) mass is 271 g/mol. The molecular weight excluding hydrogens is 257 g/mol. The van der Waals surface area contributed by atoms with Crippen molar-refractivity contribution >= 4 is 29.1 Å². The molecule has 1 aromatic carbocycles. The lowest BCUT2D eigenvalue weighted by atomic mass is 10.1. The van der Waals surface area contributed by atoms with E-state index in [9.17, 15) is 4.79 Å². The number of hydrogen-bond acceptors (Lipinski definition) is 1. The second kappa shape index (κ2) is 5.28. The lowest BCUT2D eigenvalue weighted by molar-refractivity contribution is -0.120. The molecule has 1 fully saturated rings. The van der Waals surface area contributed by atoms with Crippen molar-refractivity contribution in [3.05, 3.63) is 34.9 Å². The van der Waals surface area contributed by atoms with Gasteiger partial charge in [-0.2, -0.15) is 0 Å². The highest BCUT2D eigenvalue weighted by molar-refractivity contribution is 6.30. The van der Waals surface area contributed by atoms with Gasteiger partial charge in [0.15, 0.2) is 0 Å². The summed E-state index contributed by atoms with van der Waals surface area (Å²) in [5, 5.41) is 3.60. The summed E-state index contributed by atoms with van der Waals surface area (Å²) in [5.41, 5.74) is 1.11. The van der Waals surface area contributed by atoms with Gasteiger partial charge >= 0.3 is 0 Å². The molecule has 0 radical (unpaired) electrons. The molecule has 1 amide bonds. The quantitative estimate of drug-likeness (QED) is 0.820. The second-order valence-electron chi connectivity index (χ2n) is 4.72. The van der Waals surface area contributed by atoms with Crippen molar-refractivity contribution in [3.63, 3.8) is 0 Å². The van der Waals surface area contributed by atoms with Crippen LogP contribution in [0.5, 0.6) is 0 Å². The van der Waals surface area contributed by atoms with Crippen LogP contribution >= 0.6 is 23.2 Å². The molecule has 1 N–H and O–H groups in total. The maximum Gasteiger partial charge on any atom is 0.224 e. The van der Waals surface area contributed by atoms with Crippen LogP contribution in [0.1, 0.15) is 18.4 Å². The van der Waals surface area contributed by atoms with Crippen LogP contribution in [0.3, 0.4) is 0 Å². The van der Waals surface area contributed by atoms with E-state index in [1.54, 1.807) is 6.07 Å². The Morgan fingerprint density at radius 2 is 2.18 bits per heavy atom. The molecule has 0 unspecified atom stereocenters. The minimum Gasteiger partial charge on any atom is -0.355 e. The van der Waals surface area contributed by atoms with E-state index in [1.807, 2.05) is 18.2 Å². The molecule has 17 heavy (non-hydrogen) atoms. The average molecular weight is 272 g/mol. The summed E-state index contributed by atoms with van der Waals surface area (Å²) in [6.45, 7) is 0.690. The third kappa shape index (κ3) is 3.62. The molecule has 1 aromatic rings. The van der Waals surface area contributed by atoms with Gasteiger partial charge in [-0.15, -0.1) is 11.6 Å². The number of hydrogen-bond donors (Lipinski definition) is 1. The summed E-state index contributed by atoms with van der Waals surface area (Å²) in [6.07, 6.45) is 2.61. The third-order valence-electron chi connectivity index (χ3n) is 3.15. The molecule has 1 aliphatic rings. The molecule has 0 heterocycles. The summed E-state index contributed by atoms with van der Waals surface area (Å²) in [7, 11) is 0. The molecule has 0 aliphatic heterocycles. The van der Waals surface area contributed by atoms with Crippen molar-refractivity contribution in [2.45, 2.75) is 19.3 Å². The third-order valence-corrected chi connectivity index (χ3v) is 3.96. The van der Waals surface area contributed by atoms with Crippen molar-refractivity contribution in [2.75, 3.05) is 12.4 Å². The lowest BCUT2D eigenvalue weighted by Gasteiger charge is -2.12. The van der Waals surface area contributed by atoms with Gasteiger partial charge in [0.1, 0.15) is 0 Å². The van der Waals surface area contributed by atoms with Gasteiger partial charge in [0.25, 0.3) is 0 Å². The Hall–Kier alpha value is -0.730. The maximum atomic E-state index is 11.7. The van der Waals surface area contributed by atoms with Crippen LogP contribution in [0.15, 0.2) is 24.3 Å². The summed E-state index contributed by atoms with van der Waals surface area (Å²) in [5.74, 6) is 0.661. The van der Waals surface area contributed by atoms with Crippen molar-refractivity contribution in [2.24, 2.45) is 5.41 Å². The van der Waals surface area contributed by atoms with Gasteiger partial charge in [-0.3, -0.25) is 4.79 Å². The fourth-order valence-electron chi connectivity index (χ4n) is 1.72. The molecular formula is C13H15Cl2NO. The lowest BCUT2D eigenvalue weighted by Crippen LogP contribution is -2.32. The number of amides is 1. The van der Waals surface area contributed by atoms with Crippen LogP contribution in [0, 0.1) is 5.41 Å². The highest BCUT2D eigenvalue weighted by Gasteiger charge is 2.41. The van der Waals surface area contributed by atoms with Gasteiger partial charge in [-0.05, 0) is 30.5 Å². The topological polar surface area (TPSA) is 29.1 Å². The first-order chi connectivity index (χ1) is 8.13. The highest BCUT2D eigenvalue weighted by atomic mass is 35.5. The van der Waals surface area contributed by atoms with E-state index >= 15 is 0 Å². The molecule has 92 valence electrons. The summed E-state index contributed by atoms with van der Waals surface area (Å²) in [4.78, 5) is 11.7. The highest BCUT2D eigenvalue weighted by Crippen LogP contribution is 2.45. The largest absolute Gasteiger partial charge is 0.355 e. The Morgan fingerprint density at radius 3 is 2.76 bits per heavy atom. The molecule has 2 rings (SSSR count). The Kier molecular flexibility index (Phi) is 3.95. The minimum absolute atomic E-state index is 0.0312. The number of rotatable bonds is 5. The maximum absolute atomic E-state index is 11.7. The summed E-state index contributed by atoms with van der Waals surface area (Å²) >= 11 is 11.7. The fraction of sp³-hybridized carbons (Fsp3) is 0.462. The van der Waals surface area contributed by atoms with Crippen LogP contribution in [0.2, 0.25) is 5.02 Å². The SMILES string of the molecule is O=C(Cc1cccc(Cl)c1)NCC1(CCl)CC1. The molecule has 0 atom stereocenters. The van der Waals surface area contributed by atoms with E-state index < -0.39 is 0 Å². The van der Waals surface area contributed by atoms with Crippen molar-refractivity contribution in [3.8, 4) is 0 Å². The number of benzene rings is 1. The number of halogens is 2. The Bertz CT molecular complexity index is 416.